The van der Waals surface area contributed by atoms with Crippen molar-refractivity contribution in [3.05, 3.63) is 0 Å². The molecule has 2 saturated heterocycles. The van der Waals surface area contributed by atoms with Crippen molar-refractivity contribution in [2.24, 2.45) is 5.92 Å². The van der Waals surface area contributed by atoms with Crippen LogP contribution in [0.4, 0.5) is 4.79 Å². The highest BCUT2D eigenvalue weighted by Gasteiger charge is 2.44. The lowest BCUT2D eigenvalue weighted by Crippen LogP contribution is -2.65. The number of carbonyl (C=O) groups is 1. The Kier molecular flexibility index (Phi) is 2.39. The van der Waals surface area contributed by atoms with Crippen molar-refractivity contribution in [3.63, 3.8) is 0 Å². The monoisotopic (exact) mass is 197 g/mol. The van der Waals surface area contributed by atoms with Gasteiger partial charge in [0.25, 0.3) is 0 Å². The molecule has 80 valence electrons. The first-order chi connectivity index (χ1) is 6.59. The van der Waals surface area contributed by atoms with E-state index >= 15 is 0 Å². The highest BCUT2D eigenvalue weighted by Crippen LogP contribution is 2.32. The van der Waals surface area contributed by atoms with Crippen LogP contribution in [-0.4, -0.2) is 67.5 Å². The molecule has 14 heavy (non-hydrogen) atoms. The lowest BCUT2D eigenvalue weighted by molar-refractivity contribution is -0.0138. The summed E-state index contributed by atoms with van der Waals surface area (Å²) in [5.74, 6) is 0.720. The Morgan fingerprint density at radius 1 is 1.36 bits per heavy atom. The third-order valence-corrected chi connectivity index (χ3v) is 3.36. The molecule has 2 aliphatic rings. The third-order valence-electron chi connectivity index (χ3n) is 3.36. The first kappa shape index (κ1) is 9.77. The predicted molar refractivity (Wildman–Crippen MR) is 55.2 cm³/mol. The number of hydrogen-bond acceptors (Lipinski definition) is 2. The normalized spacial score (nSPS) is 32.1. The molecule has 0 aromatic rings. The smallest absolute Gasteiger partial charge is 0.319 e. The molecule has 4 nitrogen and oxygen atoms in total. The maximum absolute atomic E-state index is 11.7. The Morgan fingerprint density at radius 2 is 2.07 bits per heavy atom. The second-order valence-electron chi connectivity index (χ2n) is 4.71. The van der Waals surface area contributed by atoms with Gasteiger partial charge in [-0.25, -0.2) is 4.79 Å². The molecule has 2 atom stereocenters. The van der Waals surface area contributed by atoms with E-state index in [1.54, 1.807) is 4.90 Å². The number of urea groups is 1. The van der Waals surface area contributed by atoms with Gasteiger partial charge in [-0.3, -0.25) is 0 Å². The Labute approximate surface area is 85.5 Å². The zero-order valence-electron chi connectivity index (χ0n) is 9.23. The van der Waals surface area contributed by atoms with Gasteiger partial charge in [0.1, 0.15) is 0 Å². The molecule has 0 aromatic heterocycles. The Morgan fingerprint density at radius 3 is 2.64 bits per heavy atom. The lowest BCUT2D eigenvalue weighted by atomic mass is 9.83. The third kappa shape index (κ3) is 1.47. The minimum Gasteiger partial charge on any atom is -0.331 e. The van der Waals surface area contributed by atoms with Gasteiger partial charge in [0, 0.05) is 39.1 Å². The van der Waals surface area contributed by atoms with E-state index in [9.17, 15) is 4.79 Å². The zero-order valence-corrected chi connectivity index (χ0v) is 9.23. The topological polar surface area (TPSA) is 26.8 Å². The number of nitrogens with zero attached hydrogens (tertiary/aromatic N) is 3. The molecule has 0 radical (unpaired) electrons. The molecule has 2 rings (SSSR count). The van der Waals surface area contributed by atoms with Crippen molar-refractivity contribution in [2.75, 3.05) is 40.8 Å². The van der Waals surface area contributed by atoms with Crippen LogP contribution in [-0.2, 0) is 0 Å². The minimum absolute atomic E-state index is 0.177. The SMILES string of the molecule is CN1CCC2C(C1)CN2C(=O)N(C)C. The number of likely N-dealkylation sites (tertiary alicyclic amines) is 2. The van der Waals surface area contributed by atoms with Gasteiger partial charge < -0.3 is 14.7 Å². The molecule has 4 heteroatoms. The van der Waals surface area contributed by atoms with Gasteiger partial charge in [-0.1, -0.05) is 0 Å². The average molecular weight is 197 g/mol. The molecule has 0 N–H and O–H groups in total. The summed E-state index contributed by atoms with van der Waals surface area (Å²) in [5.41, 5.74) is 0. The molecule has 0 bridgehead atoms. The van der Waals surface area contributed by atoms with Gasteiger partial charge in [-0.15, -0.1) is 0 Å². The lowest BCUT2D eigenvalue weighted by Gasteiger charge is -2.53. The second-order valence-corrected chi connectivity index (χ2v) is 4.71. The van der Waals surface area contributed by atoms with E-state index in [4.69, 9.17) is 0 Å². The molecule has 2 unspecified atom stereocenters. The van der Waals surface area contributed by atoms with Crippen molar-refractivity contribution in [1.29, 1.82) is 0 Å². The molecule has 0 saturated carbocycles. The maximum atomic E-state index is 11.7. The highest BCUT2D eigenvalue weighted by molar-refractivity contribution is 5.75. The van der Waals surface area contributed by atoms with Crippen molar-refractivity contribution in [3.8, 4) is 0 Å². The van der Waals surface area contributed by atoms with E-state index in [2.05, 4.69) is 11.9 Å². The van der Waals surface area contributed by atoms with Crippen LogP contribution in [0.2, 0.25) is 0 Å². The van der Waals surface area contributed by atoms with Crippen molar-refractivity contribution >= 4 is 6.03 Å². The second kappa shape index (κ2) is 3.42. The van der Waals surface area contributed by atoms with Crippen LogP contribution in [0, 0.1) is 5.92 Å². The Hall–Kier alpha value is -0.770. The van der Waals surface area contributed by atoms with Crippen LogP contribution in [0.3, 0.4) is 0 Å². The van der Waals surface area contributed by atoms with E-state index in [0.717, 1.165) is 32.0 Å². The number of piperidine rings is 1. The summed E-state index contributed by atoms with van der Waals surface area (Å²) in [6, 6.07) is 0.692. The molecular formula is C10H19N3O. The summed E-state index contributed by atoms with van der Waals surface area (Å²) in [4.78, 5) is 17.7. The molecule has 0 spiro atoms. The van der Waals surface area contributed by atoms with Crippen LogP contribution in [0.1, 0.15) is 6.42 Å². The minimum atomic E-state index is 0.177. The fourth-order valence-electron chi connectivity index (χ4n) is 2.52. The van der Waals surface area contributed by atoms with Gasteiger partial charge in [0.2, 0.25) is 0 Å². The van der Waals surface area contributed by atoms with Gasteiger partial charge >= 0.3 is 6.03 Å². The van der Waals surface area contributed by atoms with Crippen LogP contribution < -0.4 is 0 Å². The van der Waals surface area contributed by atoms with Crippen LogP contribution in [0.15, 0.2) is 0 Å². The van der Waals surface area contributed by atoms with E-state index in [-0.39, 0.29) is 6.03 Å². The molecule has 0 aliphatic carbocycles. The van der Waals surface area contributed by atoms with E-state index < -0.39 is 0 Å². The first-order valence-corrected chi connectivity index (χ1v) is 5.26. The number of fused-ring (bicyclic) bond motifs is 1. The van der Waals surface area contributed by atoms with E-state index in [1.165, 1.54) is 0 Å². The van der Waals surface area contributed by atoms with Crippen molar-refractivity contribution in [1.82, 2.24) is 14.7 Å². The molecule has 0 aromatic carbocycles. The zero-order chi connectivity index (χ0) is 10.3. The fraction of sp³-hybridized carbons (Fsp3) is 0.900. The Bertz CT molecular complexity index is 242. The van der Waals surface area contributed by atoms with Crippen molar-refractivity contribution in [2.45, 2.75) is 12.5 Å². The quantitative estimate of drug-likeness (QED) is 0.558. The van der Waals surface area contributed by atoms with E-state index in [0.29, 0.717) is 6.04 Å². The number of carbonyl (C=O) groups excluding carboxylic acids is 1. The largest absolute Gasteiger partial charge is 0.331 e. The molecular weight excluding hydrogens is 178 g/mol. The highest BCUT2D eigenvalue weighted by atomic mass is 16.2. The molecule has 2 aliphatic heterocycles. The summed E-state index contributed by atoms with van der Waals surface area (Å²) in [6.07, 6.45) is 1.14. The summed E-state index contributed by atoms with van der Waals surface area (Å²) >= 11 is 0. The fourth-order valence-corrected chi connectivity index (χ4v) is 2.52. The summed E-state index contributed by atoms with van der Waals surface area (Å²) in [7, 11) is 5.81. The molecule has 2 fully saturated rings. The summed E-state index contributed by atoms with van der Waals surface area (Å²) in [5, 5.41) is 0. The maximum Gasteiger partial charge on any atom is 0.319 e. The van der Waals surface area contributed by atoms with Crippen LogP contribution >= 0.6 is 0 Å². The molecule has 2 amide bonds. The van der Waals surface area contributed by atoms with Gasteiger partial charge in [0.15, 0.2) is 0 Å². The van der Waals surface area contributed by atoms with E-state index in [1.807, 2.05) is 19.0 Å². The Balaban J connectivity index is 1.93. The van der Waals surface area contributed by atoms with Crippen molar-refractivity contribution < 1.29 is 4.79 Å². The predicted octanol–water partition coefficient (Wildman–Crippen LogP) is 0.304. The number of rotatable bonds is 0. The van der Waals surface area contributed by atoms with Gasteiger partial charge in [-0.05, 0) is 20.0 Å². The summed E-state index contributed by atoms with van der Waals surface area (Å²) in [6.45, 7) is 3.23. The van der Waals surface area contributed by atoms with Crippen LogP contribution in [0.25, 0.3) is 0 Å². The van der Waals surface area contributed by atoms with Gasteiger partial charge in [-0.2, -0.15) is 0 Å². The van der Waals surface area contributed by atoms with Crippen LogP contribution in [0.5, 0.6) is 0 Å². The number of amides is 2. The number of hydrogen-bond donors (Lipinski definition) is 0. The van der Waals surface area contributed by atoms with Gasteiger partial charge in [0.05, 0.1) is 0 Å². The first-order valence-electron chi connectivity index (χ1n) is 5.26. The standard InChI is InChI=1S/C10H19N3O/c1-11(2)10(14)13-7-8-6-12(3)5-4-9(8)13/h8-9H,4-7H2,1-3H3. The average Bonchev–Trinajstić information content (AvgIpc) is 2.09. The molecule has 2 heterocycles. The summed E-state index contributed by atoms with van der Waals surface area (Å²) < 4.78 is 0.